The van der Waals surface area contributed by atoms with Gasteiger partial charge in [-0.2, -0.15) is 0 Å². The molecule has 4 heteroatoms. The van der Waals surface area contributed by atoms with E-state index in [1.807, 2.05) is 6.92 Å². The highest BCUT2D eigenvalue weighted by Crippen LogP contribution is 2.37. The van der Waals surface area contributed by atoms with Crippen LogP contribution in [0.3, 0.4) is 0 Å². The summed E-state index contributed by atoms with van der Waals surface area (Å²) >= 11 is 0. The van der Waals surface area contributed by atoms with Gasteiger partial charge in [0, 0.05) is 18.6 Å². The van der Waals surface area contributed by atoms with E-state index in [9.17, 15) is 4.79 Å². The van der Waals surface area contributed by atoms with Gasteiger partial charge in [-0.1, -0.05) is 13.8 Å². The SMILES string of the molecule is COC(=O)C(C)(CN(C)C1CCC(C)(C)CC1)NC1CC1. The average molecular weight is 296 g/mol. The van der Waals surface area contributed by atoms with E-state index in [0.29, 0.717) is 17.5 Å². The molecule has 2 fully saturated rings. The van der Waals surface area contributed by atoms with Crippen molar-refractivity contribution in [1.29, 1.82) is 0 Å². The second-order valence-electron chi connectivity index (χ2n) is 8.05. The van der Waals surface area contributed by atoms with E-state index < -0.39 is 5.54 Å². The maximum absolute atomic E-state index is 12.2. The topological polar surface area (TPSA) is 41.6 Å². The Morgan fingerprint density at radius 2 is 1.86 bits per heavy atom. The molecule has 2 aliphatic rings. The molecule has 2 saturated carbocycles. The molecular weight excluding hydrogens is 264 g/mol. The van der Waals surface area contributed by atoms with Gasteiger partial charge in [-0.25, -0.2) is 0 Å². The summed E-state index contributed by atoms with van der Waals surface area (Å²) in [6.45, 7) is 7.43. The largest absolute Gasteiger partial charge is 0.468 e. The highest BCUT2D eigenvalue weighted by molar-refractivity contribution is 5.80. The van der Waals surface area contributed by atoms with Gasteiger partial charge in [-0.3, -0.25) is 10.1 Å². The molecule has 1 unspecified atom stereocenters. The zero-order chi connectivity index (χ0) is 15.7. The minimum absolute atomic E-state index is 0.141. The smallest absolute Gasteiger partial charge is 0.327 e. The Balaban J connectivity index is 1.94. The van der Waals surface area contributed by atoms with Crippen molar-refractivity contribution in [1.82, 2.24) is 10.2 Å². The third-order valence-electron chi connectivity index (χ3n) is 5.23. The van der Waals surface area contributed by atoms with Crippen LogP contribution >= 0.6 is 0 Å². The average Bonchev–Trinajstić information content (AvgIpc) is 3.21. The van der Waals surface area contributed by atoms with Crippen LogP contribution in [0.2, 0.25) is 0 Å². The number of hydrogen-bond acceptors (Lipinski definition) is 4. The summed E-state index contributed by atoms with van der Waals surface area (Å²) in [5, 5.41) is 3.49. The number of hydrogen-bond donors (Lipinski definition) is 1. The van der Waals surface area contributed by atoms with Crippen molar-refractivity contribution in [3.63, 3.8) is 0 Å². The maximum atomic E-state index is 12.2. The van der Waals surface area contributed by atoms with Crippen LogP contribution in [0, 0.1) is 5.41 Å². The summed E-state index contributed by atoms with van der Waals surface area (Å²) in [5.41, 5.74) is -0.104. The van der Waals surface area contributed by atoms with Gasteiger partial charge < -0.3 is 9.64 Å². The molecule has 0 aromatic carbocycles. The molecule has 2 aliphatic carbocycles. The van der Waals surface area contributed by atoms with Crippen molar-refractivity contribution >= 4 is 5.97 Å². The highest BCUT2D eigenvalue weighted by Gasteiger charge is 2.41. The van der Waals surface area contributed by atoms with Crippen LogP contribution in [0.1, 0.15) is 59.3 Å². The first kappa shape index (κ1) is 16.8. The summed E-state index contributed by atoms with van der Waals surface area (Å²) in [6, 6.07) is 1.08. The number of carbonyl (C=O) groups is 1. The maximum Gasteiger partial charge on any atom is 0.327 e. The fourth-order valence-corrected chi connectivity index (χ4v) is 3.53. The Morgan fingerprint density at radius 3 is 2.33 bits per heavy atom. The van der Waals surface area contributed by atoms with Gasteiger partial charge in [-0.05, 0) is 57.9 Å². The Kier molecular flexibility index (Phi) is 4.99. The zero-order valence-electron chi connectivity index (χ0n) is 14.4. The second-order valence-corrected chi connectivity index (χ2v) is 8.05. The third-order valence-corrected chi connectivity index (χ3v) is 5.23. The predicted octanol–water partition coefficient (Wildman–Crippen LogP) is 2.57. The first-order chi connectivity index (χ1) is 9.76. The molecule has 0 aliphatic heterocycles. The number of esters is 1. The second kappa shape index (κ2) is 6.25. The van der Waals surface area contributed by atoms with Gasteiger partial charge in [0.1, 0.15) is 5.54 Å². The van der Waals surface area contributed by atoms with Gasteiger partial charge in [-0.15, -0.1) is 0 Å². The molecule has 122 valence electrons. The number of rotatable bonds is 6. The quantitative estimate of drug-likeness (QED) is 0.765. The molecular formula is C17H32N2O2. The van der Waals surface area contributed by atoms with Gasteiger partial charge in [0.05, 0.1) is 7.11 Å². The lowest BCUT2D eigenvalue weighted by atomic mass is 9.75. The van der Waals surface area contributed by atoms with E-state index in [4.69, 9.17) is 4.74 Å². The zero-order valence-corrected chi connectivity index (χ0v) is 14.4. The van der Waals surface area contributed by atoms with Crippen LogP contribution in [0.25, 0.3) is 0 Å². The molecule has 0 aromatic heterocycles. The van der Waals surface area contributed by atoms with Crippen LogP contribution in [-0.4, -0.2) is 49.2 Å². The third kappa shape index (κ3) is 4.43. The van der Waals surface area contributed by atoms with Crippen molar-refractivity contribution in [3.05, 3.63) is 0 Å². The molecule has 4 nitrogen and oxygen atoms in total. The van der Waals surface area contributed by atoms with Gasteiger partial charge in [0.2, 0.25) is 0 Å². The first-order valence-corrected chi connectivity index (χ1v) is 8.32. The van der Waals surface area contributed by atoms with E-state index in [2.05, 4.69) is 31.1 Å². The lowest BCUT2D eigenvalue weighted by Gasteiger charge is -2.41. The van der Waals surface area contributed by atoms with E-state index in [0.717, 1.165) is 6.54 Å². The molecule has 0 heterocycles. The molecule has 1 atom stereocenters. The van der Waals surface area contributed by atoms with Gasteiger partial charge >= 0.3 is 5.97 Å². The Morgan fingerprint density at radius 1 is 1.29 bits per heavy atom. The fourth-order valence-electron chi connectivity index (χ4n) is 3.53. The normalized spacial score (nSPS) is 25.6. The van der Waals surface area contributed by atoms with E-state index in [1.165, 1.54) is 45.6 Å². The summed E-state index contributed by atoms with van der Waals surface area (Å²) in [5.74, 6) is -0.141. The molecule has 0 amide bonds. The van der Waals surface area contributed by atoms with Crippen molar-refractivity contribution in [2.24, 2.45) is 5.41 Å². The molecule has 0 saturated heterocycles. The molecule has 1 N–H and O–H groups in total. The van der Waals surface area contributed by atoms with Crippen molar-refractivity contribution in [2.75, 3.05) is 20.7 Å². The summed E-state index contributed by atoms with van der Waals surface area (Å²) in [6.07, 6.45) is 7.34. The van der Waals surface area contributed by atoms with Gasteiger partial charge in [0.15, 0.2) is 0 Å². The number of nitrogens with zero attached hydrogens (tertiary/aromatic N) is 1. The molecule has 2 rings (SSSR count). The van der Waals surface area contributed by atoms with E-state index in [1.54, 1.807) is 0 Å². The van der Waals surface area contributed by atoms with Crippen LogP contribution in [-0.2, 0) is 9.53 Å². The summed E-state index contributed by atoms with van der Waals surface area (Å²) in [7, 11) is 3.64. The van der Waals surface area contributed by atoms with E-state index >= 15 is 0 Å². The van der Waals surface area contributed by atoms with Crippen LogP contribution < -0.4 is 5.32 Å². The van der Waals surface area contributed by atoms with E-state index in [-0.39, 0.29) is 5.97 Å². The van der Waals surface area contributed by atoms with Crippen molar-refractivity contribution < 1.29 is 9.53 Å². The van der Waals surface area contributed by atoms with Crippen molar-refractivity contribution in [2.45, 2.75) is 76.9 Å². The Bertz CT molecular complexity index is 369. The first-order valence-electron chi connectivity index (χ1n) is 8.32. The Labute approximate surface area is 129 Å². The number of nitrogens with one attached hydrogen (secondary N) is 1. The number of likely N-dealkylation sites (N-methyl/N-ethyl adjacent to an activating group) is 1. The molecule has 0 spiro atoms. The van der Waals surface area contributed by atoms with Gasteiger partial charge in [0.25, 0.3) is 0 Å². The number of ether oxygens (including phenoxy) is 1. The lowest BCUT2D eigenvalue weighted by molar-refractivity contribution is -0.149. The predicted molar refractivity (Wildman–Crippen MR) is 85.2 cm³/mol. The molecule has 21 heavy (non-hydrogen) atoms. The monoisotopic (exact) mass is 296 g/mol. The summed E-state index contributed by atoms with van der Waals surface area (Å²) in [4.78, 5) is 14.6. The summed E-state index contributed by atoms with van der Waals surface area (Å²) < 4.78 is 5.04. The van der Waals surface area contributed by atoms with Crippen LogP contribution in [0.4, 0.5) is 0 Å². The minimum Gasteiger partial charge on any atom is -0.468 e. The van der Waals surface area contributed by atoms with Crippen LogP contribution in [0.15, 0.2) is 0 Å². The fraction of sp³-hybridized carbons (Fsp3) is 0.941. The van der Waals surface area contributed by atoms with Crippen molar-refractivity contribution in [3.8, 4) is 0 Å². The Hall–Kier alpha value is -0.610. The number of carbonyl (C=O) groups excluding carboxylic acids is 1. The molecule has 0 aromatic rings. The highest BCUT2D eigenvalue weighted by atomic mass is 16.5. The molecule has 0 radical (unpaired) electrons. The van der Waals surface area contributed by atoms with Crippen LogP contribution in [0.5, 0.6) is 0 Å². The standard InChI is InChI=1S/C17H32N2O2/c1-16(2)10-8-14(9-11-16)19(4)12-17(3,15(20)21-5)18-13-6-7-13/h13-14,18H,6-12H2,1-5H3. The minimum atomic E-state index is -0.586. The number of methoxy groups -OCH3 is 1. The molecule has 0 bridgehead atoms. The lowest BCUT2D eigenvalue weighted by Crippen LogP contribution is -2.59.